The van der Waals surface area contributed by atoms with Gasteiger partial charge in [0.15, 0.2) is 0 Å². The lowest BCUT2D eigenvalue weighted by atomic mass is 9.74. The average Bonchev–Trinajstić information content (AvgIpc) is 2.02. The number of hydrogen-bond donors (Lipinski definition) is 0. The Morgan fingerprint density at radius 1 is 1.15 bits per heavy atom. The molecule has 13 heavy (non-hydrogen) atoms. The predicted octanol–water partition coefficient (Wildman–Crippen LogP) is 3.90. The van der Waals surface area contributed by atoms with E-state index in [4.69, 9.17) is 0 Å². The smallest absolute Gasteiger partial charge is 0.0162 e. The van der Waals surface area contributed by atoms with E-state index in [1.807, 2.05) is 0 Å². The molecule has 1 atom stereocenters. The van der Waals surface area contributed by atoms with Crippen molar-refractivity contribution in [1.29, 1.82) is 0 Å². The highest BCUT2D eigenvalue weighted by Crippen LogP contribution is 2.38. The van der Waals surface area contributed by atoms with E-state index < -0.39 is 0 Å². The summed E-state index contributed by atoms with van der Waals surface area (Å²) in [6.45, 7) is 4.52. The molecular weight excluding hydrogens is 156 g/mol. The van der Waals surface area contributed by atoms with Crippen LogP contribution in [0.3, 0.4) is 0 Å². The standard InChI is InChI=1S/C13H18/c1-10-6-8-13(9-7-10)11(2)12-4-3-5-12/h6-9,11-12H,3-5H2,1-2H3. The Hall–Kier alpha value is -0.780. The molecule has 0 aromatic heterocycles. The van der Waals surface area contributed by atoms with Crippen molar-refractivity contribution in [2.45, 2.75) is 39.0 Å². The maximum atomic E-state index is 2.37. The molecular formula is C13H18. The van der Waals surface area contributed by atoms with Crippen LogP contribution in [0, 0.1) is 12.8 Å². The minimum atomic E-state index is 0.773. The van der Waals surface area contributed by atoms with Crippen LogP contribution in [-0.4, -0.2) is 0 Å². The number of rotatable bonds is 2. The Balaban J connectivity index is 2.10. The quantitative estimate of drug-likeness (QED) is 0.638. The second kappa shape index (κ2) is 3.53. The predicted molar refractivity (Wildman–Crippen MR) is 56.9 cm³/mol. The van der Waals surface area contributed by atoms with E-state index in [1.165, 1.54) is 30.4 Å². The van der Waals surface area contributed by atoms with Crippen LogP contribution >= 0.6 is 0 Å². The van der Waals surface area contributed by atoms with Gasteiger partial charge in [0.2, 0.25) is 0 Å². The molecule has 70 valence electrons. The van der Waals surface area contributed by atoms with Gasteiger partial charge >= 0.3 is 0 Å². The topological polar surface area (TPSA) is 0 Å². The Bertz CT molecular complexity index is 267. The molecule has 0 spiro atoms. The van der Waals surface area contributed by atoms with Crippen LogP contribution in [0.25, 0.3) is 0 Å². The molecule has 1 aromatic carbocycles. The summed E-state index contributed by atoms with van der Waals surface area (Å²) in [4.78, 5) is 0. The summed E-state index contributed by atoms with van der Waals surface area (Å²) in [5.41, 5.74) is 2.89. The molecule has 0 heterocycles. The largest absolute Gasteiger partial charge is 0.0590 e. The third-order valence-corrected chi connectivity index (χ3v) is 3.46. The van der Waals surface area contributed by atoms with Crippen molar-refractivity contribution >= 4 is 0 Å². The number of hydrogen-bond acceptors (Lipinski definition) is 0. The highest BCUT2D eigenvalue weighted by molar-refractivity contribution is 5.24. The molecule has 0 saturated heterocycles. The molecule has 2 rings (SSSR count). The second-order valence-electron chi connectivity index (χ2n) is 4.39. The van der Waals surface area contributed by atoms with Crippen LogP contribution in [0.15, 0.2) is 24.3 Å². The first kappa shape index (κ1) is 8.80. The van der Waals surface area contributed by atoms with Gasteiger partial charge in [0.1, 0.15) is 0 Å². The van der Waals surface area contributed by atoms with Crippen molar-refractivity contribution in [2.75, 3.05) is 0 Å². The summed E-state index contributed by atoms with van der Waals surface area (Å²) in [6, 6.07) is 9.03. The zero-order valence-electron chi connectivity index (χ0n) is 8.59. The van der Waals surface area contributed by atoms with Crippen LogP contribution in [0.2, 0.25) is 0 Å². The summed E-state index contributed by atoms with van der Waals surface area (Å²) < 4.78 is 0. The van der Waals surface area contributed by atoms with Crippen LogP contribution < -0.4 is 0 Å². The maximum absolute atomic E-state index is 2.37. The molecule has 1 aliphatic rings. The first-order chi connectivity index (χ1) is 6.27. The SMILES string of the molecule is Cc1ccc(C(C)C2CCC2)cc1. The van der Waals surface area contributed by atoms with Crippen molar-refractivity contribution in [3.05, 3.63) is 35.4 Å². The lowest BCUT2D eigenvalue weighted by Gasteiger charge is -2.31. The summed E-state index contributed by atoms with van der Waals surface area (Å²) >= 11 is 0. The van der Waals surface area contributed by atoms with Crippen LogP contribution in [-0.2, 0) is 0 Å². The lowest BCUT2D eigenvalue weighted by molar-refractivity contribution is 0.272. The number of aryl methyl sites for hydroxylation is 1. The lowest BCUT2D eigenvalue weighted by Crippen LogP contribution is -2.17. The van der Waals surface area contributed by atoms with Crippen LogP contribution in [0.1, 0.15) is 43.2 Å². The van der Waals surface area contributed by atoms with Crippen molar-refractivity contribution in [3.63, 3.8) is 0 Å². The fourth-order valence-electron chi connectivity index (χ4n) is 2.08. The molecule has 1 aromatic rings. The molecule has 1 fully saturated rings. The fourth-order valence-corrected chi connectivity index (χ4v) is 2.08. The van der Waals surface area contributed by atoms with Gasteiger partial charge in [0.25, 0.3) is 0 Å². The van der Waals surface area contributed by atoms with Gasteiger partial charge in [-0.05, 0) is 37.2 Å². The van der Waals surface area contributed by atoms with E-state index >= 15 is 0 Å². The van der Waals surface area contributed by atoms with Gasteiger partial charge in [-0.25, -0.2) is 0 Å². The van der Waals surface area contributed by atoms with E-state index in [1.54, 1.807) is 0 Å². The van der Waals surface area contributed by atoms with E-state index in [-0.39, 0.29) is 0 Å². The van der Waals surface area contributed by atoms with E-state index in [0.717, 1.165) is 11.8 Å². The Morgan fingerprint density at radius 2 is 1.77 bits per heavy atom. The first-order valence-corrected chi connectivity index (χ1v) is 5.34. The summed E-state index contributed by atoms with van der Waals surface area (Å²) in [5, 5.41) is 0. The van der Waals surface area contributed by atoms with Gasteiger partial charge in [-0.2, -0.15) is 0 Å². The second-order valence-corrected chi connectivity index (χ2v) is 4.39. The third kappa shape index (κ3) is 1.77. The molecule has 0 nitrogen and oxygen atoms in total. The van der Waals surface area contributed by atoms with Gasteiger partial charge in [-0.1, -0.05) is 43.2 Å². The zero-order chi connectivity index (χ0) is 9.26. The highest BCUT2D eigenvalue weighted by atomic mass is 14.3. The van der Waals surface area contributed by atoms with Gasteiger partial charge in [-0.3, -0.25) is 0 Å². The van der Waals surface area contributed by atoms with Crippen LogP contribution in [0.4, 0.5) is 0 Å². The highest BCUT2D eigenvalue weighted by Gasteiger charge is 2.24. The van der Waals surface area contributed by atoms with E-state index in [0.29, 0.717) is 0 Å². The Labute approximate surface area is 81.0 Å². The van der Waals surface area contributed by atoms with Crippen LogP contribution in [0.5, 0.6) is 0 Å². The van der Waals surface area contributed by atoms with E-state index in [2.05, 4.69) is 38.1 Å². The molecule has 1 unspecified atom stereocenters. The minimum Gasteiger partial charge on any atom is -0.0590 e. The molecule has 1 saturated carbocycles. The first-order valence-electron chi connectivity index (χ1n) is 5.34. The molecule has 0 heteroatoms. The Morgan fingerprint density at radius 3 is 2.23 bits per heavy atom. The molecule has 0 aliphatic heterocycles. The van der Waals surface area contributed by atoms with Crippen molar-refractivity contribution in [2.24, 2.45) is 5.92 Å². The molecule has 0 amide bonds. The number of benzene rings is 1. The monoisotopic (exact) mass is 174 g/mol. The molecule has 1 aliphatic carbocycles. The summed E-state index contributed by atoms with van der Waals surface area (Å²) in [6.07, 6.45) is 4.32. The van der Waals surface area contributed by atoms with Crippen molar-refractivity contribution in [3.8, 4) is 0 Å². The summed E-state index contributed by atoms with van der Waals surface area (Å²) in [5.74, 6) is 1.73. The normalized spacial score (nSPS) is 19.5. The van der Waals surface area contributed by atoms with Crippen molar-refractivity contribution < 1.29 is 0 Å². The molecule has 0 N–H and O–H groups in total. The fraction of sp³-hybridized carbons (Fsp3) is 0.538. The van der Waals surface area contributed by atoms with Gasteiger partial charge in [-0.15, -0.1) is 0 Å². The maximum Gasteiger partial charge on any atom is -0.0162 e. The summed E-state index contributed by atoms with van der Waals surface area (Å²) in [7, 11) is 0. The van der Waals surface area contributed by atoms with Gasteiger partial charge < -0.3 is 0 Å². The minimum absolute atomic E-state index is 0.773. The molecule has 0 bridgehead atoms. The van der Waals surface area contributed by atoms with E-state index in [9.17, 15) is 0 Å². The average molecular weight is 174 g/mol. The zero-order valence-corrected chi connectivity index (χ0v) is 8.59. The molecule has 0 radical (unpaired) electrons. The van der Waals surface area contributed by atoms with Gasteiger partial charge in [0, 0.05) is 0 Å². The van der Waals surface area contributed by atoms with Crippen molar-refractivity contribution in [1.82, 2.24) is 0 Å². The van der Waals surface area contributed by atoms with Gasteiger partial charge in [0.05, 0.1) is 0 Å². The Kier molecular flexibility index (Phi) is 2.39. The third-order valence-electron chi connectivity index (χ3n) is 3.46.